The number of likely N-dealkylation sites (tertiary alicyclic amines) is 1. The Labute approximate surface area is 187 Å². The van der Waals surface area contributed by atoms with Gasteiger partial charge in [-0.05, 0) is 67.6 Å². The molecule has 2 aromatic rings. The van der Waals surface area contributed by atoms with Crippen molar-refractivity contribution >= 4 is 35.0 Å². The van der Waals surface area contributed by atoms with Crippen LogP contribution in [0.4, 0.5) is 0 Å². The highest BCUT2D eigenvalue weighted by Gasteiger charge is 2.23. The summed E-state index contributed by atoms with van der Waals surface area (Å²) in [4.78, 5) is 26.5. The van der Waals surface area contributed by atoms with Gasteiger partial charge in [-0.1, -0.05) is 35.3 Å². The Bertz CT molecular complexity index is 833. The van der Waals surface area contributed by atoms with E-state index in [4.69, 9.17) is 27.9 Å². The van der Waals surface area contributed by atoms with Crippen molar-refractivity contribution in [1.82, 2.24) is 10.2 Å². The van der Waals surface area contributed by atoms with Crippen LogP contribution in [0.3, 0.4) is 0 Å². The molecule has 0 aliphatic carbocycles. The number of nitrogens with zero attached hydrogens (tertiary/aromatic N) is 1. The van der Waals surface area contributed by atoms with Gasteiger partial charge in [-0.25, -0.2) is 0 Å². The third kappa shape index (κ3) is 7.22. The van der Waals surface area contributed by atoms with E-state index in [1.807, 2.05) is 29.2 Å². The van der Waals surface area contributed by atoms with E-state index in [1.165, 1.54) is 5.56 Å². The molecular formula is C23H26Cl2N2O3. The molecule has 0 aromatic heterocycles. The van der Waals surface area contributed by atoms with Gasteiger partial charge in [-0.15, -0.1) is 0 Å². The summed E-state index contributed by atoms with van der Waals surface area (Å²) in [6, 6.07) is 14.7. The topological polar surface area (TPSA) is 58.6 Å². The van der Waals surface area contributed by atoms with Gasteiger partial charge >= 0.3 is 0 Å². The molecule has 0 atom stereocenters. The normalized spacial score (nSPS) is 14.4. The second-order valence-electron chi connectivity index (χ2n) is 7.45. The van der Waals surface area contributed by atoms with Crippen LogP contribution in [0, 0.1) is 0 Å². The van der Waals surface area contributed by atoms with E-state index < -0.39 is 0 Å². The Hall–Kier alpha value is -2.24. The highest BCUT2D eigenvalue weighted by Crippen LogP contribution is 2.16. The predicted molar refractivity (Wildman–Crippen MR) is 119 cm³/mol. The summed E-state index contributed by atoms with van der Waals surface area (Å²) < 4.78 is 5.47. The van der Waals surface area contributed by atoms with Crippen LogP contribution in [0.5, 0.6) is 5.75 Å². The number of piperidine rings is 1. The molecular weight excluding hydrogens is 423 g/mol. The lowest BCUT2D eigenvalue weighted by molar-refractivity contribution is -0.132. The van der Waals surface area contributed by atoms with E-state index in [1.54, 1.807) is 24.3 Å². The van der Waals surface area contributed by atoms with E-state index in [-0.39, 0.29) is 24.5 Å². The Kier molecular flexibility index (Phi) is 8.40. The SMILES string of the molecule is O=C(COc1ccc(Cl)cc1)NC1CCN(C(=O)CCCc2ccc(Cl)cc2)CC1. The van der Waals surface area contributed by atoms with Crippen molar-refractivity contribution in [2.24, 2.45) is 0 Å². The molecule has 1 aliphatic heterocycles. The van der Waals surface area contributed by atoms with Crippen molar-refractivity contribution in [2.75, 3.05) is 19.7 Å². The van der Waals surface area contributed by atoms with E-state index in [0.717, 1.165) is 30.7 Å². The average Bonchev–Trinajstić information content (AvgIpc) is 2.75. The molecule has 1 fully saturated rings. The number of hydrogen-bond acceptors (Lipinski definition) is 3. The summed E-state index contributed by atoms with van der Waals surface area (Å²) in [7, 11) is 0. The quantitative estimate of drug-likeness (QED) is 0.646. The fourth-order valence-electron chi connectivity index (χ4n) is 3.48. The lowest BCUT2D eigenvalue weighted by Crippen LogP contribution is -2.47. The zero-order chi connectivity index (χ0) is 21.3. The molecule has 0 radical (unpaired) electrons. The summed E-state index contributed by atoms with van der Waals surface area (Å²) in [5.41, 5.74) is 1.19. The zero-order valence-corrected chi connectivity index (χ0v) is 18.3. The molecule has 3 rings (SSSR count). The number of amides is 2. The summed E-state index contributed by atoms with van der Waals surface area (Å²) in [5.74, 6) is 0.631. The fraction of sp³-hybridized carbons (Fsp3) is 0.391. The molecule has 1 saturated heterocycles. The highest BCUT2D eigenvalue weighted by atomic mass is 35.5. The number of rotatable bonds is 8. The van der Waals surface area contributed by atoms with Crippen molar-refractivity contribution in [1.29, 1.82) is 0 Å². The first-order valence-electron chi connectivity index (χ1n) is 10.2. The summed E-state index contributed by atoms with van der Waals surface area (Å²) in [6.07, 6.45) is 3.74. The van der Waals surface area contributed by atoms with Crippen molar-refractivity contribution in [2.45, 2.75) is 38.1 Å². The van der Waals surface area contributed by atoms with Gasteiger partial charge in [0.15, 0.2) is 6.61 Å². The van der Waals surface area contributed by atoms with Crippen LogP contribution < -0.4 is 10.1 Å². The van der Waals surface area contributed by atoms with E-state index in [2.05, 4.69) is 5.32 Å². The van der Waals surface area contributed by atoms with Gasteiger partial charge in [0.2, 0.25) is 5.91 Å². The molecule has 1 N–H and O–H groups in total. The van der Waals surface area contributed by atoms with Crippen molar-refractivity contribution in [3.8, 4) is 5.75 Å². The molecule has 0 bridgehead atoms. The maximum atomic E-state index is 12.4. The summed E-state index contributed by atoms with van der Waals surface area (Å²) in [6.45, 7) is 1.30. The van der Waals surface area contributed by atoms with Crippen LogP contribution in [-0.2, 0) is 16.0 Å². The monoisotopic (exact) mass is 448 g/mol. The smallest absolute Gasteiger partial charge is 0.258 e. The van der Waals surface area contributed by atoms with E-state index >= 15 is 0 Å². The molecule has 1 aliphatic rings. The number of benzene rings is 2. The van der Waals surface area contributed by atoms with E-state index in [0.29, 0.717) is 30.3 Å². The highest BCUT2D eigenvalue weighted by molar-refractivity contribution is 6.30. The molecule has 2 aromatic carbocycles. The Morgan fingerprint density at radius 1 is 0.967 bits per heavy atom. The lowest BCUT2D eigenvalue weighted by atomic mass is 10.0. The average molecular weight is 449 g/mol. The largest absolute Gasteiger partial charge is 0.484 e. The van der Waals surface area contributed by atoms with Crippen LogP contribution in [0.15, 0.2) is 48.5 Å². The van der Waals surface area contributed by atoms with Crippen molar-refractivity contribution < 1.29 is 14.3 Å². The zero-order valence-electron chi connectivity index (χ0n) is 16.8. The van der Waals surface area contributed by atoms with E-state index in [9.17, 15) is 9.59 Å². The Morgan fingerprint density at radius 2 is 1.57 bits per heavy atom. The van der Waals surface area contributed by atoms with Gasteiger partial charge in [0.1, 0.15) is 5.75 Å². The molecule has 1 heterocycles. The Morgan fingerprint density at radius 3 is 2.20 bits per heavy atom. The minimum absolute atomic E-state index is 0.0362. The number of halogens is 2. The minimum atomic E-state index is -0.155. The lowest BCUT2D eigenvalue weighted by Gasteiger charge is -2.32. The molecule has 2 amide bonds. The maximum absolute atomic E-state index is 12.4. The summed E-state index contributed by atoms with van der Waals surface area (Å²) in [5, 5.41) is 4.34. The van der Waals surface area contributed by atoms with Gasteiger partial charge in [0.25, 0.3) is 5.91 Å². The van der Waals surface area contributed by atoms with Crippen molar-refractivity contribution in [3.05, 3.63) is 64.1 Å². The first kappa shape index (κ1) is 22.4. The van der Waals surface area contributed by atoms with Gasteiger partial charge < -0.3 is 15.0 Å². The second-order valence-corrected chi connectivity index (χ2v) is 8.32. The van der Waals surface area contributed by atoms with Gasteiger partial charge in [0.05, 0.1) is 0 Å². The number of ether oxygens (including phenoxy) is 1. The number of carbonyl (C=O) groups excluding carboxylic acids is 2. The van der Waals surface area contributed by atoms with Crippen LogP contribution >= 0.6 is 23.2 Å². The summed E-state index contributed by atoms with van der Waals surface area (Å²) >= 11 is 11.7. The third-order valence-electron chi connectivity index (χ3n) is 5.17. The molecule has 5 nitrogen and oxygen atoms in total. The third-order valence-corrected chi connectivity index (χ3v) is 5.67. The maximum Gasteiger partial charge on any atom is 0.258 e. The number of nitrogens with one attached hydrogen (secondary N) is 1. The van der Waals surface area contributed by atoms with Crippen LogP contribution in [0.25, 0.3) is 0 Å². The van der Waals surface area contributed by atoms with Crippen LogP contribution in [-0.4, -0.2) is 42.5 Å². The molecule has 0 unspecified atom stereocenters. The first-order valence-corrected chi connectivity index (χ1v) is 10.9. The standard InChI is InChI=1S/C23H26Cl2N2O3/c24-18-6-4-17(5-7-18)2-1-3-23(29)27-14-12-20(13-15-27)26-22(28)16-30-21-10-8-19(25)9-11-21/h4-11,20H,1-3,12-16H2,(H,26,28). The number of aryl methyl sites for hydroxylation is 1. The minimum Gasteiger partial charge on any atom is -0.484 e. The van der Waals surface area contributed by atoms with Gasteiger partial charge in [-0.2, -0.15) is 0 Å². The molecule has 0 saturated carbocycles. The first-order chi connectivity index (χ1) is 14.5. The Balaban J connectivity index is 1.31. The predicted octanol–water partition coefficient (Wildman–Crippen LogP) is 4.50. The van der Waals surface area contributed by atoms with Gasteiger partial charge in [0, 0.05) is 35.6 Å². The molecule has 30 heavy (non-hydrogen) atoms. The number of hydrogen-bond donors (Lipinski definition) is 1. The van der Waals surface area contributed by atoms with Gasteiger partial charge in [-0.3, -0.25) is 9.59 Å². The molecule has 160 valence electrons. The molecule has 0 spiro atoms. The van der Waals surface area contributed by atoms with Crippen LogP contribution in [0.1, 0.15) is 31.2 Å². The van der Waals surface area contributed by atoms with Crippen molar-refractivity contribution in [3.63, 3.8) is 0 Å². The number of carbonyl (C=O) groups is 2. The van der Waals surface area contributed by atoms with Crippen LogP contribution in [0.2, 0.25) is 10.0 Å². The molecule has 7 heteroatoms. The second kappa shape index (κ2) is 11.2. The fourth-order valence-corrected chi connectivity index (χ4v) is 3.73.